The maximum atomic E-state index is 13.2. The molecule has 4 rings (SSSR count). The molecule has 1 amide bonds. The molecule has 0 spiro atoms. The van der Waals surface area contributed by atoms with Gasteiger partial charge < -0.3 is 14.7 Å². The predicted molar refractivity (Wildman–Crippen MR) is 128 cm³/mol. The van der Waals surface area contributed by atoms with Gasteiger partial charge in [-0.3, -0.25) is 14.6 Å². The largest absolute Gasteiger partial charge is 0.507 e. The number of aromatic nitrogens is 1. The van der Waals surface area contributed by atoms with Crippen molar-refractivity contribution in [3.63, 3.8) is 0 Å². The zero-order valence-electron chi connectivity index (χ0n) is 18.8. The minimum Gasteiger partial charge on any atom is -0.507 e. The lowest BCUT2D eigenvalue weighted by molar-refractivity contribution is -0.140. The van der Waals surface area contributed by atoms with Crippen LogP contribution in [0.15, 0.2) is 65.7 Å². The molecule has 2 aromatic heterocycles. The van der Waals surface area contributed by atoms with E-state index < -0.39 is 17.7 Å². The fourth-order valence-corrected chi connectivity index (χ4v) is 4.75. The van der Waals surface area contributed by atoms with Crippen molar-refractivity contribution >= 4 is 28.8 Å². The third-order valence-corrected chi connectivity index (χ3v) is 6.48. The molecule has 1 aliphatic rings. The maximum absolute atomic E-state index is 13.2. The van der Waals surface area contributed by atoms with Gasteiger partial charge in [0.15, 0.2) is 0 Å². The number of aliphatic hydroxyl groups excluding tert-OH is 1. The van der Waals surface area contributed by atoms with Crippen molar-refractivity contribution in [3.8, 4) is 5.75 Å². The Balaban J connectivity index is 1.85. The number of ketones is 1. The number of carbonyl (C=O) groups excluding carboxylic acids is 2. The summed E-state index contributed by atoms with van der Waals surface area (Å²) in [5, 5.41) is 13.3. The summed E-state index contributed by atoms with van der Waals surface area (Å²) in [5.74, 6) is -0.673. The first-order valence-electron chi connectivity index (χ1n) is 10.9. The van der Waals surface area contributed by atoms with E-state index in [0.29, 0.717) is 17.9 Å². The van der Waals surface area contributed by atoms with Crippen LogP contribution < -0.4 is 4.74 Å². The molecular weight excluding hydrogens is 436 g/mol. The molecule has 0 bridgehead atoms. The van der Waals surface area contributed by atoms with Gasteiger partial charge in [-0.25, -0.2) is 0 Å². The Labute approximate surface area is 197 Å². The fraction of sp³-hybridized carbons (Fsp3) is 0.269. The SMILES string of the molecule is CCOc1ccc(/C(O)=C2/C(=O)C(=O)N(Cc3cccs3)C2c2ccccn2)cc1C(C)C. The molecule has 6 nitrogen and oxygen atoms in total. The number of carbonyl (C=O) groups is 2. The molecule has 0 radical (unpaired) electrons. The van der Waals surface area contributed by atoms with E-state index in [4.69, 9.17) is 4.74 Å². The highest BCUT2D eigenvalue weighted by molar-refractivity contribution is 7.09. The normalized spacial score (nSPS) is 17.7. The molecule has 0 saturated carbocycles. The van der Waals surface area contributed by atoms with Gasteiger partial charge in [0.1, 0.15) is 17.6 Å². The molecule has 33 heavy (non-hydrogen) atoms. The van der Waals surface area contributed by atoms with Gasteiger partial charge in [0.05, 0.1) is 24.4 Å². The summed E-state index contributed by atoms with van der Waals surface area (Å²) < 4.78 is 5.73. The topological polar surface area (TPSA) is 79.7 Å². The van der Waals surface area contributed by atoms with Crippen LogP contribution >= 0.6 is 11.3 Å². The lowest BCUT2D eigenvalue weighted by atomic mass is 9.94. The zero-order valence-corrected chi connectivity index (χ0v) is 19.6. The third kappa shape index (κ3) is 4.41. The summed E-state index contributed by atoms with van der Waals surface area (Å²) in [7, 11) is 0. The van der Waals surface area contributed by atoms with Crippen LogP contribution in [0.2, 0.25) is 0 Å². The number of aliphatic hydroxyl groups is 1. The van der Waals surface area contributed by atoms with Gasteiger partial charge in [0.25, 0.3) is 11.7 Å². The number of nitrogens with zero attached hydrogens (tertiary/aromatic N) is 2. The van der Waals surface area contributed by atoms with Crippen LogP contribution in [0.5, 0.6) is 5.75 Å². The number of likely N-dealkylation sites (tertiary alicyclic amines) is 1. The van der Waals surface area contributed by atoms with E-state index in [1.807, 2.05) is 44.4 Å². The number of rotatable bonds is 7. The Morgan fingerprint density at radius 3 is 2.64 bits per heavy atom. The van der Waals surface area contributed by atoms with E-state index in [1.54, 1.807) is 36.5 Å². The number of benzene rings is 1. The summed E-state index contributed by atoms with van der Waals surface area (Å²) in [6, 6.07) is 13.7. The van der Waals surface area contributed by atoms with E-state index in [2.05, 4.69) is 4.98 Å². The molecule has 1 aliphatic heterocycles. The van der Waals surface area contributed by atoms with E-state index in [1.165, 1.54) is 16.2 Å². The van der Waals surface area contributed by atoms with Crippen LogP contribution in [0.4, 0.5) is 0 Å². The second-order valence-corrected chi connectivity index (χ2v) is 9.13. The van der Waals surface area contributed by atoms with Crippen LogP contribution in [0.25, 0.3) is 5.76 Å². The molecule has 170 valence electrons. The minimum atomic E-state index is -0.776. The first-order valence-corrected chi connectivity index (χ1v) is 11.8. The quantitative estimate of drug-likeness (QED) is 0.293. The maximum Gasteiger partial charge on any atom is 0.296 e. The smallest absolute Gasteiger partial charge is 0.296 e. The number of ether oxygens (including phenoxy) is 1. The number of hydrogen-bond acceptors (Lipinski definition) is 6. The summed E-state index contributed by atoms with van der Waals surface area (Å²) in [6.07, 6.45) is 1.62. The van der Waals surface area contributed by atoms with Gasteiger partial charge in [-0.05, 0) is 60.2 Å². The Morgan fingerprint density at radius 1 is 1.18 bits per heavy atom. The van der Waals surface area contributed by atoms with Gasteiger partial charge in [-0.15, -0.1) is 11.3 Å². The lowest BCUT2D eigenvalue weighted by Crippen LogP contribution is -2.29. The van der Waals surface area contributed by atoms with Crippen LogP contribution in [0.3, 0.4) is 0 Å². The number of Topliss-reactive ketones (excluding diaryl/α,β-unsaturated/α-hetero) is 1. The summed E-state index contributed by atoms with van der Waals surface area (Å²) in [6.45, 7) is 6.78. The molecule has 1 fully saturated rings. The Morgan fingerprint density at radius 2 is 2.00 bits per heavy atom. The molecular formula is C26H26N2O4S. The molecule has 3 heterocycles. The number of pyridine rings is 1. The summed E-state index contributed by atoms with van der Waals surface area (Å²) >= 11 is 1.51. The van der Waals surface area contributed by atoms with Crippen molar-refractivity contribution in [2.45, 2.75) is 39.3 Å². The van der Waals surface area contributed by atoms with Crippen molar-refractivity contribution < 1.29 is 19.4 Å². The standard InChI is InChI=1S/C26H26N2O4S/c1-4-32-21-11-10-17(14-19(21)16(2)3)24(29)22-23(20-9-5-6-12-27-20)28(26(31)25(22)30)15-18-8-7-13-33-18/h5-14,16,23,29H,4,15H2,1-3H3/b24-22-. The van der Waals surface area contributed by atoms with Gasteiger partial charge >= 0.3 is 0 Å². The second kappa shape index (κ2) is 9.58. The number of hydrogen-bond donors (Lipinski definition) is 1. The number of thiophene rings is 1. The van der Waals surface area contributed by atoms with Crippen LogP contribution in [-0.2, 0) is 16.1 Å². The molecule has 1 aromatic carbocycles. The molecule has 1 atom stereocenters. The molecule has 1 N–H and O–H groups in total. The first kappa shape index (κ1) is 22.7. The van der Waals surface area contributed by atoms with Gasteiger partial charge in [-0.2, -0.15) is 0 Å². The summed E-state index contributed by atoms with van der Waals surface area (Å²) in [5.41, 5.74) is 1.97. The van der Waals surface area contributed by atoms with Crippen LogP contribution in [0, 0.1) is 0 Å². The first-order chi connectivity index (χ1) is 15.9. The minimum absolute atomic E-state index is 0.0501. The second-order valence-electron chi connectivity index (χ2n) is 8.10. The van der Waals surface area contributed by atoms with Crippen molar-refractivity contribution in [1.82, 2.24) is 9.88 Å². The Bertz CT molecular complexity index is 1190. The average Bonchev–Trinajstić information content (AvgIpc) is 3.42. The molecule has 1 saturated heterocycles. The van der Waals surface area contributed by atoms with Crippen molar-refractivity contribution in [2.75, 3.05) is 6.61 Å². The van der Waals surface area contributed by atoms with E-state index >= 15 is 0 Å². The van der Waals surface area contributed by atoms with Crippen molar-refractivity contribution in [2.24, 2.45) is 0 Å². The summed E-state index contributed by atoms with van der Waals surface area (Å²) in [4.78, 5) is 33.1. The molecule has 7 heteroatoms. The van der Waals surface area contributed by atoms with E-state index in [0.717, 1.165) is 16.2 Å². The van der Waals surface area contributed by atoms with Gasteiger partial charge in [0, 0.05) is 16.6 Å². The number of amides is 1. The molecule has 0 aliphatic carbocycles. The van der Waals surface area contributed by atoms with E-state index in [-0.39, 0.29) is 23.8 Å². The Hall–Kier alpha value is -3.45. The van der Waals surface area contributed by atoms with Crippen LogP contribution in [0.1, 0.15) is 54.4 Å². The van der Waals surface area contributed by atoms with E-state index in [9.17, 15) is 14.7 Å². The highest BCUT2D eigenvalue weighted by atomic mass is 32.1. The average molecular weight is 463 g/mol. The third-order valence-electron chi connectivity index (χ3n) is 5.62. The molecule has 1 unspecified atom stereocenters. The highest BCUT2D eigenvalue weighted by Crippen LogP contribution is 2.40. The van der Waals surface area contributed by atoms with Crippen LogP contribution in [-0.4, -0.2) is 33.3 Å². The van der Waals surface area contributed by atoms with Gasteiger partial charge in [0.2, 0.25) is 0 Å². The monoisotopic (exact) mass is 462 g/mol. The molecule has 3 aromatic rings. The van der Waals surface area contributed by atoms with Crippen molar-refractivity contribution in [1.29, 1.82) is 0 Å². The van der Waals surface area contributed by atoms with Crippen molar-refractivity contribution in [3.05, 3.63) is 87.4 Å². The lowest BCUT2D eigenvalue weighted by Gasteiger charge is -2.24. The highest BCUT2D eigenvalue weighted by Gasteiger charge is 2.46. The van der Waals surface area contributed by atoms with Gasteiger partial charge in [-0.1, -0.05) is 26.0 Å². The zero-order chi connectivity index (χ0) is 23.5. The Kier molecular flexibility index (Phi) is 6.60. The fourth-order valence-electron chi connectivity index (χ4n) is 4.05. The predicted octanol–water partition coefficient (Wildman–Crippen LogP) is 5.29.